The highest BCUT2D eigenvalue weighted by Crippen LogP contribution is 2.22. The summed E-state index contributed by atoms with van der Waals surface area (Å²) in [6.07, 6.45) is 3.45. The lowest BCUT2D eigenvalue weighted by atomic mass is 10.0. The number of aryl methyl sites for hydroxylation is 1. The molecule has 4 rings (SSSR count). The maximum absolute atomic E-state index is 13.0. The van der Waals surface area contributed by atoms with Crippen LogP contribution in [0, 0.1) is 12.8 Å². The van der Waals surface area contributed by atoms with Gasteiger partial charge < -0.3 is 15.0 Å². The molecule has 1 fully saturated rings. The highest BCUT2D eigenvalue weighted by molar-refractivity contribution is 5.75. The number of nitrogens with one attached hydrogen (secondary N) is 1. The summed E-state index contributed by atoms with van der Waals surface area (Å²) in [6.45, 7) is 7.80. The van der Waals surface area contributed by atoms with E-state index in [1.165, 1.54) is 22.0 Å². The van der Waals surface area contributed by atoms with E-state index in [0.29, 0.717) is 23.6 Å². The van der Waals surface area contributed by atoms with E-state index >= 15 is 0 Å². The maximum Gasteiger partial charge on any atom is 0.293 e. The standard InChI is InChI=1S/C24H32N6O3/c1-17-6-4-12-28(15-17)13-5-11-25-23(31)16-29-24(32)22-14-21(27-30(22)18(2)26-29)19-7-9-20(33-3)10-8-19/h7-10,14,17H,4-6,11-13,15-16H2,1-3H3,(H,25,31)/t17-/m1/s1. The van der Waals surface area contributed by atoms with Crippen LogP contribution in [0.2, 0.25) is 0 Å². The smallest absolute Gasteiger partial charge is 0.293 e. The van der Waals surface area contributed by atoms with Gasteiger partial charge in [0.25, 0.3) is 5.56 Å². The number of benzene rings is 1. The van der Waals surface area contributed by atoms with E-state index in [1.807, 2.05) is 24.3 Å². The third kappa shape index (κ3) is 5.42. The Kier molecular flexibility index (Phi) is 7.08. The number of amides is 1. The van der Waals surface area contributed by atoms with E-state index in [1.54, 1.807) is 20.1 Å². The van der Waals surface area contributed by atoms with Crippen LogP contribution in [0.1, 0.15) is 32.0 Å². The second-order valence-electron chi connectivity index (χ2n) is 8.82. The summed E-state index contributed by atoms with van der Waals surface area (Å²) in [5.74, 6) is 1.82. The molecule has 9 heteroatoms. The van der Waals surface area contributed by atoms with Gasteiger partial charge in [-0.25, -0.2) is 9.20 Å². The molecule has 1 amide bonds. The summed E-state index contributed by atoms with van der Waals surface area (Å²) >= 11 is 0. The van der Waals surface area contributed by atoms with Crippen molar-refractivity contribution in [2.75, 3.05) is 33.3 Å². The minimum absolute atomic E-state index is 0.111. The predicted molar refractivity (Wildman–Crippen MR) is 126 cm³/mol. The van der Waals surface area contributed by atoms with Crippen molar-refractivity contribution in [1.29, 1.82) is 0 Å². The Morgan fingerprint density at radius 1 is 1.24 bits per heavy atom. The maximum atomic E-state index is 13.0. The van der Waals surface area contributed by atoms with E-state index in [9.17, 15) is 9.59 Å². The molecule has 1 aliphatic rings. The van der Waals surface area contributed by atoms with Crippen molar-refractivity contribution in [2.24, 2.45) is 5.92 Å². The SMILES string of the molecule is COc1ccc(-c2cc3c(=O)n(CC(=O)NCCCN4CCC[C@@H](C)C4)nc(C)n3n2)cc1. The molecule has 1 aliphatic heterocycles. The minimum Gasteiger partial charge on any atom is -0.497 e. The fourth-order valence-electron chi connectivity index (χ4n) is 4.40. The number of carbonyl (C=O) groups is 1. The Morgan fingerprint density at radius 3 is 2.76 bits per heavy atom. The third-order valence-corrected chi connectivity index (χ3v) is 6.13. The van der Waals surface area contributed by atoms with E-state index in [0.717, 1.165) is 43.3 Å². The highest BCUT2D eigenvalue weighted by Gasteiger charge is 2.17. The number of fused-ring (bicyclic) bond motifs is 1. The van der Waals surface area contributed by atoms with Crippen LogP contribution in [-0.4, -0.2) is 63.5 Å². The molecule has 1 atom stereocenters. The van der Waals surface area contributed by atoms with Crippen molar-refractivity contribution in [3.05, 3.63) is 46.5 Å². The molecule has 9 nitrogen and oxygen atoms in total. The second kappa shape index (κ2) is 10.2. The molecule has 33 heavy (non-hydrogen) atoms. The normalized spacial score (nSPS) is 16.8. The summed E-state index contributed by atoms with van der Waals surface area (Å²) in [5, 5.41) is 11.7. The Hall–Kier alpha value is -3.20. The van der Waals surface area contributed by atoms with Gasteiger partial charge in [-0.3, -0.25) is 9.59 Å². The first kappa shape index (κ1) is 23.0. The zero-order valence-electron chi connectivity index (χ0n) is 19.6. The number of likely N-dealkylation sites (tertiary alicyclic amines) is 1. The molecule has 176 valence electrons. The first-order chi connectivity index (χ1) is 15.9. The predicted octanol–water partition coefficient (Wildman–Crippen LogP) is 2.11. The van der Waals surface area contributed by atoms with Crippen LogP contribution in [0.5, 0.6) is 5.75 Å². The van der Waals surface area contributed by atoms with Gasteiger partial charge in [-0.2, -0.15) is 10.2 Å². The van der Waals surface area contributed by atoms with Crippen LogP contribution < -0.4 is 15.6 Å². The molecular weight excluding hydrogens is 420 g/mol. The van der Waals surface area contributed by atoms with Gasteiger partial charge in [0.1, 0.15) is 23.6 Å². The van der Waals surface area contributed by atoms with E-state index in [4.69, 9.17) is 4.74 Å². The van der Waals surface area contributed by atoms with Gasteiger partial charge in [0.15, 0.2) is 0 Å². The Bertz CT molecular complexity index is 1170. The number of rotatable bonds is 8. The van der Waals surface area contributed by atoms with E-state index in [-0.39, 0.29) is 18.0 Å². The van der Waals surface area contributed by atoms with Gasteiger partial charge in [0, 0.05) is 18.7 Å². The second-order valence-corrected chi connectivity index (χ2v) is 8.82. The molecule has 0 radical (unpaired) electrons. The van der Waals surface area contributed by atoms with Crippen molar-refractivity contribution >= 4 is 11.4 Å². The van der Waals surface area contributed by atoms with E-state index < -0.39 is 0 Å². The van der Waals surface area contributed by atoms with Crippen molar-refractivity contribution in [3.63, 3.8) is 0 Å². The average molecular weight is 453 g/mol. The monoisotopic (exact) mass is 452 g/mol. The van der Waals surface area contributed by atoms with Crippen molar-refractivity contribution in [2.45, 2.75) is 39.7 Å². The molecule has 1 aromatic carbocycles. The van der Waals surface area contributed by atoms with Crippen molar-refractivity contribution in [3.8, 4) is 17.0 Å². The lowest BCUT2D eigenvalue weighted by Gasteiger charge is -2.30. The number of piperidine rings is 1. The molecule has 3 heterocycles. The van der Waals surface area contributed by atoms with Gasteiger partial charge in [-0.05, 0) is 75.5 Å². The van der Waals surface area contributed by atoms with Crippen molar-refractivity contribution in [1.82, 2.24) is 29.6 Å². The Morgan fingerprint density at radius 2 is 2.03 bits per heavy atom. The van der Waals surface area contributed by atoms with Crippen molar-refractivity contribution < 1.29 is 9.53 Å². The zero-order valence-corrected chi connectivity index (χ0v) is 19.6. The molecule has 2 aromatic heterocycles. The van der Waals surface area contributed by atoms with Crippen LogP contribution in [0.3, 0.4) is 0 Å². The van der Waals surface area contributed by atoms with Gasteiger partial charge in [0.05, 0.1) is 12.8 Å². The largest absolute Gasteiger partial charge is 0.497 e. The molecule has 0 spiro atoms. The fourth-order valence-corrected chi connectivity index (χ4v) is 4.40. The van der Waals surface area contributed by atoms with Gasteiger partial charge in [-0.15, -0.1) is 0 Å². The molecule has 1 saturated heterocycles. The first-order valence-corrected chi connectivity index (χ1v) is 11.6. The van der Waals surface area contributed by atoms with Gasteiger partial charge in [-0.1, -0.05) is 6.92 Å². The lowest BCUT2D eigenvalue weighted by molar-refractivity contribution is -0.121. The van der Waals surface area contributed by atoms with Crippen LogP contribution >= 0.6 is 0 Å². The molecule has 3 aromatic rings. The molecule has 0 bridgehead atoms. The number of nitrogens with zero attached hydrogens (tertiary/aromatic N) is 5. The zero-order chi connectivity index (χ0) is 23.4. The Balaban J connectivity index is 1.39. The summed E-state index contributed by atoms with van der Waals surface area (Å²) in [4.78, 5) is 27.9. The van der Waals surface area contributed by atoms with Gasteiger partial charge >= 0.3 is 0 Å². The van der Waals surface area contributed by atoms with Crippen LogP contribution in [-0.2, 0) is 11.3 Å². The number of aromatic nitrogens is 4. The molecule has 0 unspecified atom stereocenters. The van der Waals surface area contributed by atoms with E-state index in [2.05, 4.69) is 27.3 Å². The first-order valence-electron chi connectivity index (χ1n) is 11.6. The number of hydrogen-bond donors (Lipinski definition) is 1. The molecule has 1 N–H and O–H groups in total. The van der Waals surface area contributed by atoms with Gasteiger partial charge in [0.2, 0.25) is 5.91 Å². The average Bonchev–Trinajstić information content (AvgIpc) is 3.27. The summed E-state index contributed by atoms with van der Waals surface area (Å²) in [6, 6.07) is 9.20. The number of carbonyl (C=O) groups excluding carboxylic acids is 1. The molecular formula is C24H32N6O3. The highest BCUT2D eigenvalue weighted by atomic mass is 16.5. The van der Waals surface area contributed by atoms with Crippen LogP contribution in [0.4, 0.5) is 0 Å². The summed E-state index contributed by atoms with van der Waals surface area (Å²) in [7, 11) is 1.61. The number of hydrogen-bond acceptors (Lipinski definition) is 6. The van der Waals surface area contributed by atoms with Crippen LogP contribution in [0.25, 0.3) is 16.8 Å². The summed E-state index contributed by atoms with van der Waals surface area (Å²) in [5.41, 5.74) is 1.57. The summed E-state index contributed by atoms with van der Waals surface area (Å²) < 4.78 is 7.93. The third-order valence-electron chi connectivity index (χ3n) is 6.13. The fraction of sp³-hybridized carbons (Fsp3) is 0.500. The molecule has 0 aliphatic carbocycles. The Labute approximate surface area is 193 Å². The number of methoxy groups -OCH3 is 1. The quantitative estimate of drug-likeness (QED) is 0.526. The minimum atomic E-state index is -0.342. The molecule has 0 saturated carbocycles. The number of ether oxygens (including phenoxy) is 1. The topological polar surface area (TPSA) is 93.8 Å². The van der Waals surface area contributed by atoms with Crippen LogP contribution in [0.15, 0.2) is 35.1 Å². The lowest BCUT2D eigenvalue weighted by Crippen LogP contribution is -2.38.